The van der Waals surface area contributed by atoms with E-state index in [1.165, 1.54) is 0 Å². The molecule has 4 rings (SSSR count). The van der Waals surface area contributed by atoms with E-state index in [9.17, 15) is 9.59 Å². The van der Waals surface area contributed by atoms with Crippen LogP contribution in [0.2, 0.25) is 0 Å². The van der Waals surface area contributed by atoms with Crippen LogP contribution in [0.25, 0.3) is 0 Å². The van der Waals surface area contributed by atoms with Crippen molar-refractivity contribution in [3.8, 4) is 5.75 Å². The molecule has 0 aromatic heterocycles. The van der Waals surface area contributed by atoms with Gasteiger partial charge in [-0.2, -0.15) is 0 Å². The molecule has 3 aliphatic rings. The Morgan fingerprint density at radius 2 is 1.86 bits per heavy atom. The number of Topliss-reactive ketones (excluding diaryl/α,β-unsaturated/α-hetero) is 1. The van der Waals surface area contributed by atoms with Gasteiger partial charge in [-0.05, 0) is 51.5 Å². The molecule has 0 radical (unpaired) electrons. The predicted molar refractivity (Wildman–Crippen MR) is 106 cm³/mol. The van der Waals surface area contributed by atoms with Gasteiger partial charge in [-0.1, -0.05) is 18.2 Å². The minimum absolute atomic E-state index is 0.0245. The van der Waals surface area contributed by atoms with Gasteiger partial charge in [0.25, 0.3) is 0 Å². The summed E-state index contributed by atoms with van der Waals surface area (Å²) >= 11 is 0. The van der Waals surface area contributed by atoms with Crippen LogP contribution in [-0.4, -0.2) is 25.0 Å². The summed E-state index contributed by atoms with van der Waals surface area (Å²) in [6, 6.07) is 7.63. The summed E-state index contributed by atoms with van der Waals surface area (Å²) in [5.74, 6) is 0.00810. The second-order valence-corrected chi connectivity index (χ2v) is 7.82. The van der Waals surface area contributed by atoms with Gasteiger partial charge in [-0.3, -0.25) is 4.79 Å². The number of ketones is 1. The molecule has 1 aromatic carbocycles. The van der Waals surface area contributed by atoms with E-state index in [0.717, 1.165) is 55.5 Å². The van der Waals surface area contributed by atoms with E-state index in [0.29, 0.717) is 23.3 Å². The number of carbonyl (C=O) groups is 2. The second-order valence-electron chi connectivity index (χ2n) is 7.82. The highest BCUT2D eigenvalue weighted by molar-refractivity contribution is 6.04. The summed E-state index contributed by atoms with van der Waals surface area (Å²) < 4.78 is 11.4. The average Bonchev–Trinajstić information content (AvgIpc) is 3.20. The first kappa shape index (κ1) is 18.8. The summed E-state index contributed by atoms with van der Waals surface area (Å²) in [7, 11) is 1.62. The van der Waals surface area contributed by atoms with Crippen molar-refractivity contribution >= 4 is 11.8 Å². The van der Waals surface area contributed by atoms with Gasteiger partial charge in [0, 0.05) is 29.0 Å². The summed E-state index contributed by atoms with van der Waals surface area (Å²) in [6.45, 7) is 1.90. The third kappa shape index (κ3) is 3.34. The van der Waals surface area contributed by atoms with Crippen LogP contribution < -0.4 is 10.1 Å². The molecule has 1 saturated carbocycles. The number of ether oxygens (including phenoxy) is 2. The largest absolute Gasteiger partial charge is 0.496 e. The van der Waals surface area contributed by atoms with Crippen molar-refractivity contribution in [2.75, 3.05) is 7.11 Å². The third-order valence-electron chi connectivity index (χ3n) is 6.02. The highest BCUT2D eigenvalue weighted by Crippen LogP contribution is 2.45. The molecule has 1 aliphatic heterocycles. The minimum Gasteiger partial charge on any atom is -0.496 e. The van der Waals surface area contributed by atoms with Gasteiger partial charge in [0.15, 0.2) is 5.78 Å². The number of para-hydroxylation sites is 1. The molecular weight excluding hydrogens is 354 g/mol. The molecule has 0 spiro atoms. The lowest BCUT2D eigenvalue weighted by Gasteiger charge is -2.35. The molecule has 0 bridgehead atoms. The van der Waals surface area contributed by atoms with Crippen LogP contribution in [0.3, 0.4) is 0 Å². The second kappa shape index (κ2) is 7.82. The quantitative estimate of drug-likeness (QED) is 0.794. The van der Waals surface area contributed by atoms with Crippen LogP contribution in [0.15, 0.2) is 46.8 Å². The van der Waals surface area contributed by atoms with Crippen molar-refractivity contribution in [3.05, 3.63) is 52.4 Å². The van der Waals surface area contributed by atoms with Crippen LogP contribution in [0, 0.1) is 0 Å². The van der Waals surface area contributed by atoms with E-state index in [1.54, 1.807) is 7.11 Å². The van der Waals surface area contributed by atoms with E-state index < -0.39 is 5.92 Å². The Balaban J connectivity index is 1.80. The molecular formula is C23H27NO4. The Bertz CT molecular complexity index is 861. The van der Waals surface area contributed by atoms with Gasteiger partial charge < -0.3 is 14.8 Å². The highest BCUT2D eigenvalue weighted by atomic mass is 16.5. The summed E-state index contributed by atoms with van der Waals surface area (Å²) in [6.07, 6.45) is 6.15. The first-order valence-electron chi connectivity index (χ1n) is 10.2. The number of nitrogens with one attached hydrogen (secondary N) is 1. The number of allylic oxidation sites excluding steroid dienone is 3. The number of benzene rings is 1. The van der Waals surface area contributed by atoms with Crippen LogP contribution in [-0.2, 0) is 14.3 Å². The summed E-state index contributed by atoms with van der Waals surface area (Å²) in [5, 5.41) is 3.34. The fraction of sp³-hybridized carbons (Fsp3) is 0.478. The molecule has 148 valence electrons. The van der Waals surface area contributed by atoms with Crippen molar-refractivity contribution < 1.29 is 19.1 Å². The fourth-order valence-corrected chi connectivity index (χ4v) is 4.69. The molecule has 1 heterocycles. The van der Waals surface area contributed by atoms with E-state index >= 15 is 0 Å². The molecule has 0 saturated heterocycles. The Kier molecular flexibility index (Phi) is 5.25. The zero-order valence-electron chi connectivity index (χ0n) is 16.5. The van der Waals surface area contributed by atoms with Gasteiger partial charge in [-0.25, -0.2) is 4.79 Å². The average molecular weight is 381 g/mol. The fourth-order valence-electron chi connectivity index (χ4n) is 4.69. The smallest absolute Gasteiger partial charge is 0.337 e. The number of rotatable bonds is 4. The minimum atomic E-state index is -0.450. The number of carbonyl (C=O) groups excluding carboxylic acids is 2. The number of hydrogen-bond donors (Lipinski definition) is 1. The molecule has 1 N–H and O–H groups in total. The van der Waals surface area contributed by atoms with Gasteiger partial charge in [0.05, 0.1) is 18.6 Å². The zero-order chi connectivity index (χ0) is 19.7. The Morgan fingerprint density at radius 3 is 2.61 bits per heavy atom. The zero-order valence-corrected chi connectivity index (χ0v) is 16.5. The number of hydrogen-bond acceptors (Lipinski definition) is 5. The standard InChI is InChI=1S/C23H27NO4/c1-14-20(23(26)28-15-8-3-4-9-15)21(16-10-5-6-13-19(16)27-2)22-17(24-14)11-7-12-18(22)25/h5-6,10,13,15,21,24H,3-4,7-9,11-12H2,1-2H3. The van der Waals surface area contributed by atoms with E-state index in [-0.39, 0.29) is 17.9 Å². The molecule has 1 unspecified atom stereocenters. The summed E-state index contributed by atoms with van der Waals surface area (Å²) in [4.78, 5) is 26.2. The molecule has 28 heavy (non-hydrogen) atoms. The van der Waals surface area contributed by atoms with Crippen molar-refractivity contribution in [2.45, 2.75) is 63.9 Å². The number of esters is 1. The van der Waals surface area contributed by atoms with Crippen LogP contribution in [0.1, 0.15) is 63.4 Å². The molecule has 1 atom stereocenters. The van der Waals surface area contributed by atoms with Crippen molar-refractivity contribution in [1.82, 2.24) is 5.32 Å². The topological polar surface area (TPSA) is 64.6 Å². The van der Waals surface area contributed by atoms with Gasteiger partial charge in [0.2, 0.25) is 0 Å². The Morgan fingerprint density at radius 1 is 1.11 bits per heavy atom. The molecule has 5 heteroatoms. The lowest BCUT2D eigenvalue weighted by Crippen LogP contribution is -2.35. The lowest BCUT2D eigenvalue weighted by molar-refractivity contribution is -0.144. The Labute approximate surface area is 165 Å². The van der Waals surface area contributed by atoms with Gasteiger partial charge >= 0.3 is 5.97 Å². The van der Waals surface area contributed by atoms with E-state index in [2.05, 4.69) is 5.32 Å². The molecule has 2 aliphatic carbocycles. The molecule has 0 amide bonds. The van der Waals surface area contributed by atoms with Crippen molar-refractivity contribution in [3.63, 3.8) is 0 Å². The normalized spacial score (nSPS) is 22.8. The van der Waals surface area contributed by atoms with Gasteiger partial charge in [-0.15, -0.1) is 0 Å². The highest BCUT2D eigenvalue weighted by Gasteiger charge is 2.40. The van der Waals surface area contributed by atoms with E-state index in [1.807, 2.05) is 31.2 Å². The maximum atomic E-state index is 13.2. The van der Waals surface area contributed by atoms with Crippen molar-refractivity contribution in [2.24, 2.45) is 0 Å². The maximum absolute atomic E-state index is 13.2. The van der Waals surface area contributed by atoms with Gasteiger partial charge in [0.1, 0.15) is 11.9 Å². The monoisotopic (exact) mass is 381 g/mol. The third-order valence-corrected chi connectivity index (χ3v) is 6.02. The Hall–Kier alpha value is -2.56. The summed E-state index contributed by atoms with van der Waals surface area (Å²) in [5.41, 5.74) is 3.77. The van der Waals surface area contributed by atoms with Crippen LogP contribution in [0.5, 0.6) is 5.75 Å². The number of dihydropyridines is 1. The van der Waals surface area contributed by atoms with Crippen LogP contribution in [0.4, 0.5) is 0 Å². The first-order chi connectivity index (χ1) is 13.6. The first-order valence-corrected chi connectivity index (χ1v) is 10.2. The number of methoxy groups -OCH3 is 1. The predicted octanol–water partition coefficient (Wildman–Crippen LogP) is 4.15. The molecule has 1 aromatic rings. The van der Waals surface area contributed by atoms with Crippen molar-refractivity contribution in [1.29, 1.82) is 0 Å². The molecule has 1 fully saturated rings. The SMILES string of the molecule is COc1ccccc1C1C(C(=O)OC2CCCC2)=C(C)NC2=C1C(=O)CCC2. The lowest BCUT2D eigenvalue weighted by atomic mass is 9.75. The maximum Gasteiger partial charge on any atom is 0.337 e. The molecule has 5 nitrogen and oxygen atoms in total. The van der Waals surface area contributed by atoms with E-state index in [4.69, 9.17) is 9.47 Å². The van der Waals surface area contributed by atoms with Crippen LogP contribution >= 0.6 is 0 Å².